The molecule has 0 saturated heterocycles. The quantitative estimate of drug-likeness (QED) is 0.711. The number of furan rings is 1. The Morgan fingerprint density at radius 2 is 1.53 bits per heavy atom. The van der Waals surface area contributed by atoms with Gasteiger partial charge in [0.2, 0.25) is 0 Å². The van der Waals surface area contributed by atoms with E-state index >= 15 is 0 Å². The van der Waals surface area contributed by atoms with Crippen LogP contribution in [0.25, 0.3) is 0 Å². The molecule has 3 rings (SSSR count). The van der Waals surface area contributed by atoms with Gasteiger partial charge in [0.25, 0.3) is 0 Å². The van der Waals surface area contributed by atoms with E-state index in [2.05, 4.69) is 18.2 Å². The van der Waals surface area contributed by atoms with Crippen LogP contribution in [0.15, 0.2) is 77.4 Å². The summed E-state index contributed by atoms with van der Waals surface area (Å²) in [5.41, 5.74) is 9.16. The maximum absolute atomic E-state index is 6.12. The first-order chi connectivity index (χ1) is 9.36. The van der Waals surface area contributed by atoms with Gasteiger partial charge in [0, 0.05) is 5.69 Å². The third-order valence-electron chi connectivity index (χ3n) is 3.27. The predicted molar refractivity (Wildman–Crippen MR) is 76.9 cm³/mol. The Morgan fingerprint density at radius 1 is 0.789 bits per heavy atom. The maximum Gasteiger partial charge on any atom is 0.115 e. The highest BCUT2D eigenvalue weighted by atomic mass is 16.3. The number of hydrogen-bond acceptors (Lipinski definition) is 2. The Morgan fingerprint density at radius 3 is 2.21 bits per heavy atom. The fourth-order valence-electron chi connectivity index (χ4n) is 2.37. The second-order valence-corrected chi connectivity index (χ2v) is 4.49. The van der Waals surface area contributed by atoms with E-state index in [9.17, 15) is 0 Å². The van der Waals surface area contributed by atoms with Gasteiger partial charge >= 0.3 is 0 Å². The van der Waals surface area contributed by atoms with Gasteiger partial charge in [-0.15, -0.1) is 0 Å². The standard InChI is InChI=1S/C17H15NO/c18-15-10-5-4-9-14(15)17(16-11-6-12-19-16)13-7-2-1-3-8-13/h1-12,17H,18H2. The Kier molecular flexibility index (Phi) is 3.07. The summed E-state index contributed by atoms with van der Waals surface area (Å²) >= 11 is 0. The lowest BCUT2D eigenvalue weighted by atomic mass is 9.88. The van der Waals surface area contributed by atoms with Crippen molar-refractivity contribution in [3.8, 4) is 0 Å². The first-order valence-corrected chi connectivity index (χ1v) is 6.29. The fraction of sp³-hybridized carbons (Fsp3) is 0.0588. The zero-order valence-electron chi connectivity index (χ0n) is 10.5. The molecule has 0 aliphatic carbocycles. The lowest BCUT2D eigenvalue weighted by Gasteiger charge is -2.17. The van der Waals surface area contributed by atoms with E-state index in [4.69, 9.17) is 10.2 Å². The van der Waals surface area contributed by atoms with Crippen molar-refractivity contribution in [1.29, 1.82) is 0 Å². The predicted octanol–water partition coefficient (Wildman–Crippen LogP) is 4.04. The zero-order valence-corrected chi connectivity index (χ0v) is 10.5. The average Bonchev–Trinajstić information content (AvgIpc) is 2.96. The highest BCUT2D eigenvalue weighted by Crippen LogP contribution is 2.34. The Labute approximate surface area is 112 Å². The van der Waals surface area contributed by atoms with Crippen LogP contribution >= 0.6 is 0 Å². The van der Waals surface area contributed by atoms with Crippen LogP contribution in [0.1, 0.15) is 22.8 Å². The number of nitrogens with two attached hydrogens (primary N) is 1. The van der Waals surface area contributed by atoms with Gasteiger partial charge in [-0.05, 0) is 29.3 Å². The Balaban J connectivity index is 2.16. The summed E-state index contributed by atoms with van der Waals surface area (Å²) in [5.74, 6) is 0.946. The largest absolute Gasteiger partial charge is 0.468 e. The topological polar surface area (TPSA) is 39.2 Å². The van der Waals surface area contributed by atoms with Gasteiger partial charge in [0.1, 0.15) is 5.76 Å². The van der Waals surface area contributed by atoms with Crippen LogP contribution in [-0.4, -0.2) is 0 Å². The summed E-state index contributed by atoms with van der Waals surface area (Å²) in [6.07, 6.45) is 1.70. The van der Waals surface area contributed by atoms with Crippen LogP contribution < -0.4 is 5.73 Å². The number of hydrogen-bond donors (Lipinski definition) is 1. The van der Waals surface area contributed by atoms with Crippen LogP contribution in [0.2, 0.25) is 0 Å². The van der Waals surface area contributed by atoms with E-state index in [1.54, 1.807) is 6.26 Å². The average molecular weight is 249 g/mol. The molecule has 1 heterocycles. The molecule has 2 N–H and O–H groups in total. The molecule has 3 aromatic rings. The van der Waals surface area contributed by atoms with E-state index in [0.717, 1.165) is 17.0 Å². The highest BCUT2D eigenvalue weighted by Gasteiger charge is 2.20. The van der Waals surface area contributed by atoms with E-state index in [-0.39, 0.29) is 5.92 Å². The third kappa shape index (κ3) is 2.25. The molecular weight excluding hydrogens is 234 g/mol. The number of para-hydroxylation sites is 1. The van der Waals surface area contributed by atoms with Crippen molar-refractivity contribution in [1.82, 2.24) is 0 Å². The summed E-state index contributed by atoms with van der Waals surface area (Å²) < 4.78 is 5.60. The lowest BCUT2D eigenvalue weighted by molar-refractivity contribution is 0.503. The minimum absolute atomic E-state index is 0.0393. The zero-order chi connectivity index (χ0) is 13.1. The van der Waals surface area contributed by atoms with E-state index in [1.807, 2.05) is 48.5 Å². The van der Waals surface area contributed by atoms with Crippen molar-refractivity contribution in [2.24, 2.45) is 0 Å². The molecule has 0 amide bonds. The molecule has 2 aromatic carbocycles. The van der Waals surface area contributed by atoms with E-state index < -0.39 is 0 Å². The van der Waals surface area contributed by atoms with Crippen LogP contribution in [0.3, 0.4) is 0 Å². The second kappa shape index (κ2) is 5.02. The van der Waals surface area contributed by atoms with Crippen LogP contribution in [0, 0.1) is 0 Å². The molecule has 19 heavy (non-hydrogen) atoms. The summed E-state index contributed by atoms with van der Waals surface area (Å²) in [4.78, 5) is 0. The fourth-order valence-corrected chi connectivity index (χ4v) is 2.37. The number of rotatable bonds is 3. The lowest BCUT2D eigenvalue weighted by Crippen LogP contribution is -2.05. The molecule has 1 aromatic heterocycles. The van der Waals surface area contributed by atoms with Gasteiger partial charge in [-0.2, -0.15) is 0 Å². The normalized spacial score (nSPS) is 12.2. The molecule has 1 unspecified atom stereocenters. The van der Waals surface area contributed by atoms with Gasteiger partial charge in [-0.25, -0.2) is 0 Å². The summed E-state index contributed by atoms with van der Waals surface area (Å²) in [6.45, 7) is 0. The molecule has 0 fully saturated rings. The molecule has 0 radical (unpaired) electrons. The summed E-state index contributed by atoms with van der Waals surface area (Å²) in [6, 6.07) is 22.1. The molecule has 0 bridgehead atoms. The van der Waals surface area contributed by atoms with Gasteiger partial charge in [-0.1, -0.05) is 48.5 Å². The maximum atomic E-state index is 6.12. The minimum atomic E-state index is 0.0393. The highest BCUT2D eigenvalue weighted by molar-refractivity contribution is 5.54. The molecule has 0 saturated carbocycles. The summed E-state index contributed by atoms with van der Waals surface area (Å²) in [7, 11) is 0. The number of nitrogen functional groups attached to an aromatic ring is 1. The monoisotopic (exact) mass is 249 g/mol. The second-order valence-electron chi connectivity index (χ2n) is 4.49. The Bertz CT molecular complexity index is 644. The van der Waals surface area contributed by atoms with E-state index in [0.29, 0.717) is 0 Å². The van der Waals surface area contributed by atoms with Crippen molar-refractivity contribution in [3.63, 3.8) is 0 Å². The van der Waals surface area contributed by atoms with Gasteiger partial charge in [0.15, 0.2) is 0 Å². The Hall–Kier alpha value is -2.48. The van der Waals surface area contributed by atoms with Crippen molar-refractivity contribution in [2.75, 3.05) is 5.73 Å². The SMILES string of the molecule is Nc1ccccc1C(c1ccccc1)c1ccco1. The molecule has 94 valence electrons. The van der Waals surface area contributed by atoms with Crippen LogP contribution in [-0.2, 0) is 0 Å². The minimum Gasteiger partial charge on any atom is -0.468 e. The molecule has 2 heteroatoms. The van der Waals surface area contributed by atoms with Gasteiger partial charge in [0.05, 0.1) is 12.2 Å². The first kappa shape index (κ1) is 11.6. The van der Waals surface area contributed by atoms with Crippen molar-refractivity contribution >= 4 is 5.69 Å². The summed E-state index contributed by atoms with van der Waals surface area (Å²) in [5, 5.41) is 0. The number of benzene rings is 2. The van der Waals surface area contributed by atoms with E-state index in [1.165, 1.54) is 5.56 Å². The molecule has 0 aliphatic heterocycles. The molecular formula is C17H15NO. The molecule has 0 aliphatic rings. The van der Waals surface area contributed by atoms with Crippen molar-refractivity contribution in [2.45, 2.75) is 5.92 Å². The van der Waals surface area contributed by atoms with Gasteiger partial charge in [-0.3, -0.25) is 0 Å². The van der Waals surface area contributed by atoms with Crippen LogP contribution in [0.5, 0.6) is 0 Å². The van der Waals surface area contributed by atoms with Crippen molar-refractivity contribution < 1.29 is 4.42 Å². The number of anilines is 1. The first-order valence-electron chi connectivity index (χ1n) is 6.29. The van der Waals surface area contributed by atoms with Crippen molar-refractivity contribution in [3.05, 3.63) is 89.9 Å². The van der Waals surface area contributed by atoms with Gasteiger partial charge < -0.3 is 10.2 Å². The smallest absolute Gasteiger partial charge is 0.115 e. The molecule has 1 atom stereocenters. The molecule has 0 spiro atoms. The molecule has 2 nitrogen and oxygen atoms in total. The third-order valence-corrected chi connectivity index (χ3v) is 3.27. The van der Waals surface area contributed by atoms with Crippen LogP contribution in [0.4, 0.5) is 5.69 Å².